The lowest BCUT2D eigenvalue weighted by Gasteiger charge is -2.15. The molecule has 7 heteroatoms. The highest BCUT2D eigenvalue weighted by molar-refractivity contribution is 5.95. The maximum atomic E-state index is 11.8. The number of carbonyl (C=O) groups excluding carboxylic acids is 2. The van der Waals surface area contributed by atoms with Crippen LogP contribution in [-0.4, -0.2) is 42.8 Å². The zero-order chi connectivity index (χ0) is 17.2. The number of hydrogen-bond donors (Lipinski definition) is 1. The van der Waals surface area contributed by atoms with E-state index in [4.69, 9.17) is 19.3 Å². The number of carbonyl (C=O) groups is 3. The van der Waals surface area contributed by atoms with Gasteiger partial charge in [-0.15, -0.1) is 0 Å². The summed E-state index contributed by atoms with van der Waals surface area (Å²) in [5.74, 6) is -2.15. The van der Waals surface area contributed by atoms with Crippen molar-refractivity contribution >= 4 is 17.9 Å². The predicted octanol–water partition coefficient (Wildman–Crippen LogP) is 1.57. The Hall–Kier alpha value is -2.67. The number of carboxylic acid groups (broad SMARTS) is 1. The van der Waals surface area contributed by atoms with E-state index < -0.39 is 24.0 Å². The zero-order valence-electron chi connectivity index (χ0n) is 12.9. The fourth-order valence-electron chi connectivity index (χ4n) is 1.58. The fraction of sp³-hybridized carbons (Fsp3) is 0.312. The first-order chi connectivity index (χ1) is 10.9. The molecule has 1 aromatic carbocycles. The standard InChI is InChI=1S/C16H18O7/c1-11(8-14(17)18)16(20)22-10-13(21-2)9-15(19)23-12-6-4-3-5-7-12/h3-8,13H,9-10H2,1-2H3,(H,17,18)/b11-8-. The summed E-state index contributed by atoms with van der Waals surface area (Å²) >= 11 is 0. The van der Waals surface area contributed by atoms with E-state index in [-0.39, 0.29) is 18.6 Å². The molecule has 7 nitrogen and oxygen atoms in total. The molecule has 1 rings (SSSR count). The molecule has 0 amide bonds. The molecule has 1 atom stereocenters. The minimum atomic E-state index is -1.24. The topological polar surface area (TPSA) is 99.1 Å². The summed E-state index contributed by atoms with van der Waals surface area (Å²) in [5, 5.41) is 8.55. The Labute approximate surface area is 133 Å². The molecule has 1 N–H and O–H groups in total. The molecule has 0 aliphatic rings. The first-order valence-electron chi connectivity index (χ1n) is 6.79. The van der Waals surface area contributed by atoms with Crippen LogP contribution in [0, 0.1) is 0 Å². The Bertz CT molecular complexity index is 577. The van der Waals surface area contributed by atoms with Crippen LogP contribution in [0.15, 0.2) is 42.0 Å². The number of aliphatic carboxylic acids is 1. The number of benzene rings is 1. The van der Waals surface area contributed by atoms with E-state index in [0.717, 1.165) is 6.08 Å². The number of para-hydroxylation sites is 1. The maximum Gasteiger partial charge on any atom is 0.334 e. The Balaban J connectivity index is 2.46. The molecular weight excluding hydrogens is 304 g/mol. The monoisotopic (exact) mass is 322 g/mol. The van der Waals surface area contributed by atoms with Crippen LogP contribution in [0.1, 0.15) is 13.3 Å². The van der Waals surface area contributed by atoms with Gasteiger partial charge in [0.05, 0.1) is 6.42 Å². The summed E-state index contributed by atoms with van der Waals surface area (Å²) in [6, 6.07) is 8.53. The van der Waals surface area contributed by atoms with Gasteiger partial charge in [0.2, 0.25) is 0 Å². The van der Waals surface area contributed by atoms with Gasteiger partial charge < -0.3 is 19.3 Å². The lowest BCUT2D eigenvalue weighted by atomic mass is 10.2. The van der Waals surface area contributed by atoms with Gasteiger partial charge in [0.25, 0.3) is 0 Å². The normalized spacial score (nSPS) is 12.3. The van der Waals surface area contributed by atoms with Gasteiger partial charge in [-0.2, -0.15) is 0 Å². The molecule has 0 heterocycles. The minimum Gasteiger partial charge on any atom is -0.478 e. The minimum absolute atomic E-state index is 0.0563. The van der Waals surface area contributed by atoms with Crippen LogP contribution in [0.5, 0.6) is 5.75 Å². The number of rotatable bonds is 8. The molecule has 1 unspecified atom stereocenters. The second-order valence-corrected chi connectivity index (χ2v) is 4.61. The second-order valence-electron chi connectivity index (χ2n) is 4.61. The van der Waals surface area contributed by atoms with Crippen molar-refractivity contribution in [2.45, 2.75) is 19.4 Å². The van der Waals surface area contributed by atoms with Gasteiger partial charge in [0, 0.05) is 18.8 Å². The van der Waals surface area contributed by atoms with E-state index in [1.165, 1.54) is 14.0 Å². The van der Waals surface area contributed by atoms with E-state index in [0.29, 0.717) is 5.75 Å². The number of ether oxygens (including phenoxy) is 3. The molecule has 0 aromatic heterocycles. The van der Waals surface area contributed by atoms with E-state index in [2.05, 4.69) is 0 Å². The van der Waals surface area contributed by atoms with E-state index in [1.807, 2.05) is 0 Å². The third-order valence-electron chi connectivity index (χ3n) is 2.76. The Morgan fingerprint density at radius 3 is 2.43 bits per heavy atom. The number of carboxylic acids is 1. The largest absolute Gasteiger partial charge is 0.478 e. The molecule has 0 spiro atoms. The Kier molecular flexibility index (Phi) is 7.49. The zero-order valence-corrected chi connectivity index (χ0v) is 12.9. The van der Waals surface area contributed by atoms with Crippen LogP contribution in [-0.2, 0) is 23.9 Å². The third kappa shape index (κ3) is 7.23. The SMILES string of the molecule is COC(COC(=O)/C(C)=C\C(=O)O)CC(=O)Oc1ccccc1. The molecule has 0 aliphatic carbocycles. The van der Waals surface area contributed by atoms with Crippen molar-refractivity contribution in [3.8, 4) is 5.75 Å². The lowest BCUT2D eigenvalue weighted by molar-refractivity contribution is -0.147. The Morgan fingerprint density at radius 2 is 1.87 bits per heavy atom. The van der Waals surface area contributed by atoms with Gasteiger partial charge in [-0.1, -0.05) is 18.2 Å². The van der Waals surface area contributed by atoms with Gasteiger partial charge in [-0.25, -0.2) is 9.59 Å². The molecule has 124 valence electrons. The van der Waals surface area contributed by atoms with Crippen LogP contribution in [0.25, 0.3) is 0 Å². The maximum absolute atomic E-state index is 11.8. The van der Waals surface area contributed by atoms with Gasteiger partial charge in [0.1, 0.15) is 18.5 Å². The Morgan fingerprint density at radius 1 is 1.22 bits per heavy atom. The third-order valence-corrected chi connectivity index (χ3v) is 2.76. The highest BCUT2D eigenvalue weighted by Gasteiger charge is 2.18. The van der Waals surface area contributed by atoms with Crippen molar-refractivity contribution in [1.82, 2.24) is 0 Å². The number of methoxy groups -OCH3 is 1. The molecule has 0 saturated heterocycles. The fourth-order valence-corrected chi connectivity index (χ4v) is 1.58. The van der Waals surface area contributed by atoms with Crippen LogP contribution < -0.4 is 4.74 Å². The summed E-state index contributed by atoms with van der Waals surface area (Å²) in [6.45, 7) is 1.13. The first kappa shape index (κ1) is 18.4. The average molecular weight is 322 g/mol. The van der Waals surface area contributed by atoms with E-state index in [9.17, 15) is 14.4 Å². The molecule has 0 radical (unpaired) electrons. The molecule has 0 aliphatic heterocycles. The van der Waals surface area contributed by atoms with Crippen LogP contribution in [0.3, 0.4) is 0 Å². The van der Waals surface area contributed by atoms with Gasteiger partial charge in [-0.05, 0) is 19.1 Å². The van der Waals surface area contributed by atoms with Crippen molar-refractivity contribution in [2.24, 2.45) is 0 Å². The van der Waals surface area contributed by atoms with Crippen LogP contribution in [0.4, 0.5) is 0 Å². The summed E-state index contributed by atoms with van der Waals surface area (Å²) in [5.41, 5.74) is -0.0563. The number of hydrogen-bond acceptors (Lipinski definition) is 6. The molecule has 0 fully saturated rings. The van der Waals surface area contributed by atoms with Gasteiger partial charge >= 0.3 is 17.9 Å². The highest BCUT2D eigenvalue weighted by atomic mass is 16.6. The van der Waals surface area contributed by atoms with Crippen molar-refractivity contribution < 1.29 is 33.7 Å². The van der Waals surface area contributed by atoms with Crippen molar-refractivity contribution in [1.29, 1.82) is 0 Å². The summed E-state index contributed by atoms with van der Waals surface area (Å²) in [7, 11) is 1.37. The molecule has 0 saturated carbocycles. The van der Waals surface area contributed by atoms with Crippen molar-refractivity contribution in [3.63, 3.8) is 0 Å². The van der Waals surface area contributed by atoms with Crippen molar-refractivity contribution in [2.75, 3.05) is 13.7 Å². The molecule has 0 bridgehead atoms. The van der Waals surface area contributed by atoms with Crippen LogP contribution >= 0.6 is 0 Å². The summed E-state index contributed by atoms with van der Waals surface area (Å²) < 4.78 is 15.1. The predicted molar refractivity (Wildman–Crippen MR) is 79.8 cm³/mol. The smallest absolute Gasteiger partial charge is 0.334 e. The highest BCUT2D eigenvalue weighted by Crippen LogP contribution is 2.11. The second kappa shape index (κ2) is 9.37. The molecule has 23 heavy (non-hydrogen) atoms. The quantitative estimate of drug-likeness (QED) is 0.440. The van der Waals surface area contributed by atoms with E-state index >= 15 is 0 Å². The summed E-state index contributed by atoms with van der Waals surface area (Å²) in [4.78, 5) is 33.8. The summed E-state index contributed by atoms with van der Waals surface area (Å²) in [6.07, 6.45) is -0.0541. The average Bonchev–Trinajstić information content (AvgIpc) is 2.51. The van der Waals surface area contributed by atoms with Crippen LogP contribution in [0.2, 0.25) is 0 Å². The molecule has 1 aromatic rings. The molecular formula is C16H18O7. The van der Waals surface area contributed by atoms with Crippen molar-refractivity contribution in [3.05, 3.63) is 42.0 Å². The van der Waals surface area contributed by atoms with E-state index in [1.54, 1.807) is 30.3 Å². The van der Waals surface area contributed by atoms with Gasteiger partial charge in [0.15, 0.2) is 0 Å². The number of esters is 2. The van der Waals surface area contributed by atoms with Gasteiger partial charge in [-0.3, -0.25) is 4.79 Å². The lowest BCUT2D eigenvalue weighted by Crippen LogP contribution is -2.26. The first-order valence-corrected chi connectivity index (χ1v) is 6.79.